The minimum Gasteiger partial charge on any atom is -0.465 e. The summed E-state index contributed by atoms with van der Waals surface area (Å²) in [7, 11) is 2.13. The molecule has 5 aliphatic rings. The van der Waals surface area contributed by atoms with Crippen molar-refractivity contribution in [3.05, 3.63) is 99.7 Å². The van der Waals surface area contributed by atoms with Gasteiger partial charge in [0.05, 0.1) is 44.0 Å². The Morgan fingerprint density at radius 3 is 2.10 bits per heavy atom. The van der Waals surface area contributed by atoms with Gasteiger partial charge < -0.3 is 48.4 Å². The van der Waals surface area contributed by atoms with Gasteiger partial charge in [0.1, 0.15) is 12.4 Å². The van der Waals surface area contributed by atoms with Crippen LogP contribution in [0.25, 0.3) is 21.5 Å². The van der Waals surface area contributed by atoms with E-state index < -0.39 is 12.1 Å². The number of rotatable bonds is 12. The summed E-state index contributed by atoms with van der Waals surface area (Å²) in [5.41, 5.74) is 5.46. The topological polar surface area (TPSA) is 146 Å². The molecule has 10 rings (SSSR count). The van der Waals surface area contributed by atoms with Crippen LogP contribution >= 0.6 is 15.9 Å². The fourth-order valence-electron chi connectivity index (χ4n) is 10.2. The van der Waals surface area contributed by atoms with Crippen LogP contribution in [0.4, 0.5) is 16.3 Å². The number of halogens is 1. The third-order valence-electron chi connectivity index (χ3n) is 13.8. The molecule has 67 heavy (non-hydrogen) atoms. The van der Waals surface area contributed by atoms with E-state index in [0.29, 0.717) is 58.1 Å². The second kappa shape index (κ2) is 22.4. The first kappa shape index (κ1) is 47.0. The van der Waals surface area contributed by atoms with Gasteiger partial charge in [0.2, 0.25) is 0 Å². The predicted octanol–water partition coefficient (Wildman–Crippen LogP) is 9.44. The van der Waals surface area contributed by atoms with Crippen molar-refractivity contribution in [2.75, 3.05) is 69.4 Å². The number of carbonyl (C=O) groups is 1. The Morgan fingerprint density at radius 1 is 0.791 bits per heavy atom. The molecule has 5 aliphatic heterocycles. The quantitative estimate of drug-likeness (QED) is 0.127. The number of aromatic nitrogens is 2. The third-order valence-corrected chi connectivity index (χ3v) is 14.5. The van der Waals surface area contributed by atoms with Crippen LogP contribution < -0.4 is 14.5 Å². The smallest absolute Gasteiger partial charge is 0.407 e. The fraction of sp³-hybridized carbons (Fsp3) is 0.500. The molecule has 1 N–H and O–H groups in total. The molecule has 14 nitrogen and oxygen atoms in total. The minimum atomic E-state index is -0.994. The molecule has 0 bridgehead atoms. The predicted molar refractivity (Wildman–Crippen MR) is 261 cm³/mol. The highest BCUT2D eigenvalue weighted by molar-refractivity contribution is 9.10. The lowest BCUT2D eigenvalue weighted by Gasteiger charge is -2.41. The molecule has 6 heterocycles. The first-order valence-electron chi connectivity index (χ1n) is 24.1. The van der Waals surface area contributed by atoms with Crippen molar-refractivity contribution >= 4 is 55.1 Å². The average molecular weight is 977 g/mol. The number of hydrogen-bond acceptors (Lipinski definition) is 12. The summed E-state index contributed by atoms with van der Waals surface area (Å²) >= 11 is 3.63. The van der Waals surface area contributed by atoms with Gasteiger partial charge in [-0.15, -0.1) is 0 Å². The normalized spacial score (nSPS) is 22.3. The van der Waals surface area contributed by atoms with Gasteiger partial charge in [-0.25, -0.2) is 4.79 Å². The number of fused-ring (bicyclic) bond motifs is 3. The van der Waals surface area contributed by atoms with E-state index in [1.807, 2.05) is 0 Å². The van der Waals surface area contributed by atoms with E-state index in [-0.39, 0.29) is 19.0 Å². The molecule has 1 aromatic heterocycles. The largest absolute Gasteiger partial charge is 0.465 e. The summed E-state index contributed by atoms with van der Waals surface area (Å²) in [6.45, 7) is 6.78. The second-order valence-electron chi connectivity index (χ2n) is 18.2. The van der Waals surface area contributed by atoms with Crippen LogP contribution in [0.3, 0.4) is 0 Å². The molecule has 15 heteroatoms. The molecule has 0 aliphatic carbocycles. The van der Waals surface area contributed by atoms with Crippen LogP contribution in [-0.4, -0.2) is 115 Å². The number of anilines is 2. The summed E-state index contributed by atoms with van der Waals surface area (Å²) in [6.07, 6.45) is 8.38. The van der Waals surface area contributed by atoms with E-state index >= 15 is 0 Å². The first-order chi connectivity index (χ1) is 32.8. The highest BCUT2D eigenvalue weighted by Gasteiger charge is 2.34. The van der Waals surface area contributed by atoms with Crippen molar-refractivity contribution in [1.29, 1.82) is 5.26 Å². The lowest BCUT2D eigenvalue weighted by atomic mass is 9.99. The van der Waals surface area contributed by atoms with Crippen LogP contribution in [0, 0.1) is 11.3 Å². The number of likely N-dealkylation sites (N-methyl/N-ethyl adjacent to an activating group) is 1. The standard InChI is InChI=1S/C36H45N7O5.C16H17BrO2/c1-40-16-6-10-28(40)24-48-35-38-30-22-41(17-14-29(30)34(39-35)42-18-19-43(36(44)45)27(21-42)13-15-37)31-11-5-8-25-7-4-9-26(33(25)31)23-47-32-12-2-3-20-46-32;17-14-8-4-6-12-5-3-7-13(16(12)14)11-19-15-9-1-2-10-18-15/h4-5,7-9,11,27-28,32H,2-3,6,10,12-14,16-24H2,1H3,(H,44,45);3-8,15H,1-2,9-11H2/t27-,28-,32?;15-/m00/s1. The van der Waals surface area contributed by atoms with Crippen molar-refractivity contribution in [3.63, 3.8) is 0 Å². The van der Waals surface area contributed by atoms with Crippen LogP contribution in [0.1, 0.15) is 80.2 Å². The van der Waals surface area contributed by atoms with Gasteiger partial charge in [0, 0.05) is 71.9 Å². The summed E-state index contributed by atoms with van der Waals surface area (Å²) in [5, 5.41) is 24.1. The van der Waals surface area contributed by atoms with Crippen molar-refractivity contribution < 1.29 is 33.6 Å². The molecule has 5 aromatic rings. The van der Waals surface area contributed by atoms with Crippen molar-refractivity contribution in [1.82, 2.24) is 19.8 Å². The molecule has 0 spiro atoms. The van der Waals surface area contributed by atoms with E-state index in [0.717, 1.165) is 116 Å². The Labute approximate surface area is 401 Å². The molecule has 1 amide bonds. The number of carboxylic acid groups (broad SMARTS) is 1. The zero-order valence-electron chi connectivity index (χ0n) is 38.5. The van der Waals surface area contributed by atoms with Crippen LogP contribution in [0.5, 0.6) is 6.01 Å². The Kier molecular flexibility index (Phi) is 15.7. The molecule has 4 fully saturated rings. The maximum Gasteiger partial charge on any atom is 0.407 e. The lowest BCUT2D eigenvalue weighted by Crippen LogP contribution is -2.55. The third kappa shape index (κ3) is 11.3. The number of amides is 1. The number of likely N-dealkylation sites (tertiary alicyclic amines) is 1. The zero-order chi connectivity index (χ0) is 46.1. The van der Waals surface area contributed by atoms with Gasteiger partial charge in [-0.3, -0.25) is 0 Å². The molecular formula is C52H62BrN7O7. The highest BCUT2D eigenvalue weighted by Crippen LogP contribution is 2.37. The van der Waals surface area contributed by atoms with E-state index in [2.05, 4.69) is 117 Å². The van der Waals surface area contributed by atoms with Gasteiger partial charge in [0.25, 0.3) is 0 Å². The highest BCUT2D eigenvalue weighted by atomic mass is 79.9. The average Bonchev–Trinajstić information content (AvgIpc) is 3.78. The summed E-state index contributed by atoms with van der Waals surface area (Å²) in [6, 6.07) is 27.8. The van der Waals surface area contributed by atoms with Crippen molar-refractivity contribution in [2.45, 2.75) is 109 Å². The van der Waals surface area contributed by atoms with Gasteiger partial charge in [-0.2, -0.15) is 15.2 Å². The maximum atomic E-state index is 11.9. The fourth-order valence-corrected chi connectivity index (χ4v) is 10.8. The number of nitriles is 1. The molecule has 4 aromatic carbocycles. The second-order valence-corrected chi connectivity index (χ2v) is 19.1. The Morgan fingerprint density at radius 2 is 1.46 bits per heavy atom. The minimum absolute atomic E-state index is 0.0357. The van der Waals surface area contributed by atoms with Gasteiger partial charge in [-0.1, -0.05) is 76.6 Å². The molecular weight excluding hydrogens is 915 g/mol. The molecule has 0 radical (unpaired) electrons. The van der Waals surface area contributed by atoms with E-state index in [1.54, 1.807) is 0 Å². The Bertz CT molecular complexity index is 2520. The van der Waals surface area contributed by atoms with Crippen LogP contribution in [0.2, 0.25) is 0 Å². The monoisotopic (exact) mass is 975 g/mol. The van der Waals surface area contributed by atoms with Crippen molar-refractivity contribution in [2.24, 2.45) is 0 Å². The van der Waals surface area contributed by atoms with E-state index in [4.69, 9.17) is 33.7 Å². The van der Waals surface area contributed by atoms with E-state index in [1.165, 1.54) is 33.0 Å². The van der Waals surface area contributed by atoms with Gasteiger partial charge in [0.15, 0.2) is 12.6 Å². The molecule has 1 unspecified atom stereocenters. The lowest BCUT2D eigenvalue weighted by molar-refractivity contribution is -0.168. The Hall–Kier alpha value is -5.08. The summed E-state index contributed by atoms with van der Waals surface area (Å²) in [5.74, 6) is 0.793. The van der Waals surface area contributed by atoms with Crippen LogP contribution in [-0.2, 0) is 45.1 Å². The molecule has 354 valence electrons. The molecule has 0 saturated carbocycles. The van der Waals surface area contributed by atoms with Gasteiger partial charge in [-0.05, 0) is 105 Å². The number of nitrogens with zero attached hydrogens (tertiary/aromatic N) is 7. The number of benzene rings is 4. The number of ether oxygens (including phenoxy) is 5. The number of piperazine rings is 1. The first-order valence-corrected chi connectivity index (χ1v) is 24.8. The molecule has 4 saturated heterocycles. The summed E-state index contributed by atoms with van der Waals surface area (Å²) in [4.78, 5) is 30.1. The SMILES string of the molecule is Brc1cccc2cccc(CO[C@H]3CCCCO3)c12.CN1CCC[C@H]1COc1nc2c(c(N3CCN(C(=O)O)[C@@H](CC#N)C3)n1)CCN(c1cccc3cccc(COC4CCCCO4)c13)C2. The van der Waals surface area contributed by atoms with E-state index in [9.17, 15) is 15.2 Å². The maximum absolute atomic E-state index is 11.9. The number of hydrogen-bond donors (Lipinski definition) is 1. The van der Waals surface area contributed by atoms with Crippen molar-refractivity contribution in [3.8, 4) is 12.1 Å². The van der Waals surface area contributed by atoms with Crippen LogP contribution in [0.15, 0.2) is 77.3 Å². The molecule has 4 atom stereocenters. The van der Waals surface area contributed by atoms with Gasteiger partial charge >= 0.3 is 12.1 Å². The Balaban J connectivity index is 0.000000246. The zero-order valence-corrected chi connectivity index (χ0v) is 40.1. The summed E-state index contributed by atoms with van der Waals surface area (Å²) < 4.78 is 31.0.